The first-order valence-electron chi connectivity index (χ1n) is 12.0. The summed E-state index contributed by atoms with van der Waals surface area (Å²) in [5, 5.41) is 3.03. The van der Waals surface area contributed by atoms with Crippen LogP contribution in [0.4, 0.5) is 4.39 Å². The smallest absolute Gasteiger partial charge is 0.224 e. The highest BCUT2D eigenvalue weighted by molar-refractivity contribution is 6.08. The van der Waals surface area contributed by atoms with Gasteiger partial charge in [0.15, 0.2) is 11.5 Å². The van der Waals surface area contributed by atoms with Crippen molar-refractivity contribution in [1.29, 1.82) is 0 Å². The number of fused-ring (bicyclic) bond motifs is 1. The number of hydrogen-bond donors (Lipinski definition) is 1. The molecule has 6 nitrogen and oxygen atoms in total. The largest absolute Gasteiger partial charge is 0.493 e. The molecule has 1 N–H and O–H groups in total. The molecule has 1 aliphatic carbocycles. The van der Waals surface area contributed by atoms with Crippen molar-refractivity contribution in [2.45, 2.75) is 26.2 Å². The van der Waals surface area contributed by atoms with Crippen LogP contribution < -0.4 is 19.5 Å². The van der Waals surface area contributed by atoms with Gasteiger partial charge in [-0.25, -0.2) is 4.39 Å². The van der Waals surface area contributed by atoms with Gasteiger partial charge in [0.2, 0.25) is 11.7 Å². The predicted molar refractivity (Wildman–Crippen MR) is 136 cm³/mol. The van der Waals surface area contributed by atoms with Crippen LogP contribution in [0.15, 0.2) is 35.9 Å². The lowest BCUT2D eigenvalue weighted by Gasteiger charge is -2.15. The van der Waals surface area contributed by atoms with E-state index in [2.05, 4.69) is 10.2 Å². The first kappa shape index (κ1) is 24.8. The maximum Gasteiger partial charge on any atom is 0.224 e. The zero-order valence-electron chi connectivity index (χ0n) is 20.9. The Labute approximate surface area is 206 Å². The van der Waals surface area contributed by atoms with Crippen LogP contribution in [0, 0.1) is 5.82 Å². The number of halogens is 1. The highest BCUT2D eigenvalue weighted by Crippen LogP contribution is 2.45. The van der Waals surface area contributed by atoms with Gasteiger partial charge < -0.3 is 24.4 Å². The molecule has 0 spiro atoms. The van der Waals surface area contributed by atoms with E-state index < -0.39 is 0 Å². The third-order valence-electron chi connectivity index (χ3n) is 6.74. The molecule has 1 fully saturated rings. The van der Waals surface area contributed by atoms with Crippen LogP contribution in [0.25, 0.3) is 17.2 Å². The first-order valence-corrected chi connectivity index (χ1v) is 12.0. The standard InChI is InChI=1S/C28H33FN2O4/c1-18-22(13-19-14-25(33-2)28(35-4)26(15-19)34-3)21-8-7-20(29)16-24(21)23(18)17-27(32)30-9-12-31-10-5-6-11-31/h7-8,13-16H,5-6,9-12,17H2,1-4H3,(H,30,32)/b22-13-. The number of rotatable bonds is 9. The van der Waals surface area contributed by atoms with Crippen molar-refractivity contribution in [2.24, 2.45) is 0 Å². The number of hydrogen-bond acceptors (Lipinski definition) is 5. The van der Waals surface area contributed by atoms with Gasteiger partial charge >= 0.3 is 0 Å². The maximum atomic E-state index is 14.2. The molecule has 2 aromatic carbocycles. The second kappa shape index (κ2) is 11.0. The van der Waals surface area contributed by atoms with Crippen LogP contribution >= 0.6 is 0 Å². The second-order valence-corrected chi connectivity index (χ2v) is 8.89. The van der Waals surface area contributed by atoms with E-state index in [9.17, 15) is 9.18 Å². The fourth-order valence-electron chi connectivity index (χ4n) is 4.92. The number of likely N-dealkylation sites (tertiary alicyclic amines) is 1. The minimum atomic E-state index is -0.322. The summed E-state index contributed by atoms with van der Waals surface area (Å²) in [5.41, 5.74) is 5.24. The fraction of sp³-hybridized carbons (Fsp3) is 0.393. The Morgan fingerprint density at radius 1 is 1.03 bits per heavy atom. The van der Waals surface area contributed by atoms with Crippen molar-refractivity contribution in [3.8, 4) is 17.2 Å². The lowest BCUT2D eigenvalue weighted by molar-refractivity contribution is -0.120. The molecule has 0 saturated carbocycles. The molecule has 0 unspecified atom stereocenters. The van der Waals surface area contributed by atoms with Crippen LogP contribution in [0.3, 0.4) is 0 Å². The Morgan fingerprint density at radius 2 is 1.71 bits per heavy atom. The van der Waals surface area contributed by atoms with Crippen LogP contribution in [0.5, 0.6) is 17.2 Å². The van der Waals surface area contributed by atoms with Gasteiger partial charge in [0, 0.05) is 13.1 Å². The molecule has 1 heterocycles. The Morgan fingerprint density at radius 3 is 2.34 bits per heavy atom. The number of methoxy groups -OCH3 is 3. The summed E-state index contributed by atoms with van der Waals surface area (Å²) in [6.45, 7) is 5.66. The molecule has 0 radical (unpaired) electrons. The lowest BCUT2D eigenvalue weighted by atomic mass is 10.00. The first-order chi connectivity index (χ1) is 16.9. The molecule has 186 valence electrons. The highest BCUT2D eigenvalue weighted by Gasteiger charge is 2.26. The van der Waals surface area contributed by atoms with Crippen LogP contribution in [0.2, 0.25) is 0 Å². The molecule has 2 aliphatic rings. The zero-order chi connectivity index (χ0) is 24.9. The van der Waals surface area contributed by atoms with Crippen LogP contribution in [-0.4, -0.2) is 58.3 Å². The second-order valence-electron chi connectivity index (χ2n) is 8.89. The molecular formula is C28H33FN2O4. The molecule has 1 saturated heterocycles. The van der Waals surface area contributed by atoms with E-state index in [1.54, 1.807) is 27.4 Å². The number of carbonyl (C=O) groups excluding carboxylic acids is 1. The van der Waals surface area contributed by atoms with Gasteiger partial charge in [-0.2, -0.15) is 0 Å². The number of carbonyl (C=O) groups is 1. The van der Waals surface area contributed by atoms with Crippen molar-refractivity contribution in [1.82, 2.24) is 10.2 Å². The van der Waals surface area contributed by atoms with Gasteiger partial charge in [0.25, 0.3) is 0 Å². The third-order valence-corrected chi connectivity index (χ3v) is 6.74. The van der Waals surface area contributed by atoms with Crippen molar-refractivity contribution >= 4 is 23.1 Å². The van der Waals surface area contributed by atoms with Crippen LogP contribution in [-0.2, 0) is 4.79 Å². The van der Waals surface area contributed by atoms with Gasteiger partial charge in [-0.05, 0) is 96.6 Å². The number of benzene rings is 2. The minimum absolute atomic E-state index is 0.0530. The maximum absolute atomic E-state index is 14.2. The SMILES string of the molecule is COc1cc(/C=C2/C(C)=C(CC(=O)NCCN3CCCC3)c3cc(F)ccc32)cc(OC)c1OC. The molecule has 35 heavy (non-hydrogen) atoms. The Bertz CT molecular complexity index is 1140. The monoisotopic (exact) mass is 480 g/mol. The lowest BCUT2D eigenvalue weighted by Crippen LogP contribution is -2.33. The van der Waals surface area contributed by atoms with E-state index in [-0.39, 0.29) is 18.1 Å². The summed E-state index contributed by atoms with van der Waals surface area (Å²) in [5.74, 6) is 1.25. The number of amides is 1. The third kappa shape index (κ3) is 5.35. The van der Waals surface area contributed by atoms with Crippen molar-refractivity contribution < 1.29 is 23.4 Å². The molecule has 0 aromatic heterocycles. The predicted octanol–water partition coefficient (Wildman–Crippen LogP) is 4.78. The zero-order valence-corrected chi connectivity index (χ0v) is 20.9. The van der Waals surface area contributed by atoms with Gasteiger partial charge in [-0.15, -0.1) is 0 Å². The molecule has 1 aliphatic heterocycles. The Balaban J connectivity index is 1.63. The van der Waals surface area contributed by atoms with Gasteiger partial charge in [0.1, 0.15) is 5.82 Å². The van der Waals surface area contributed by atoms with Gasteiger partial charge in [0.05, 0.1) is 27.8 Å². The van der Waals surface area contributed by atoms with Crippen LogP contribution in [0.1, 0.15) is 42.9 Å². The van der Waals surface area contributed by atoms with Crippen molar-refractivity contribution in [3.05, 3.63) is 58.4 Å². The van der Waals surface area contributed by atoms with E-state index in [4.69, 9.17) is 14.2 Å². The summed E-state index contributed by atoms with van der Waals surface area (Å²) in [4.78, 5) is 15.2. The number of nitrogens with one attached hydrogen (secondary N) is 1. The van der Waals surface area contributed by atoms with Gasteiger partial charge in [-0.3, -0.25) is 4.79 Å². The summed E-state index contributed by atoms with van der Waals surface area (Å²) < 4.78 is 30.6. The summed E-state index contributed by atoms with van der Waals surface area (Å²) in [7, 11) is 4.72. The fourth-order valence-corrected chi connectivity index (χ4v) is 4.92. The number of nitrogens with zero attached hydrogens (tertiary/aromatic N) is 1. The van der Waals surface area contributed by atoms with E-state index >= 15 is 0 Å². The summed E-state index contributed by atoms with van der Waals surface area (Å²) in [6, 6.07) is 8.48. The van der Waals surface area contributed by atoms with E-state index in [0.29, 0.717) is 23.8 Å². The normalized spacial score (nSPS) is 16.5. The minimum Gasteiger partial charge on any atom is -0.493 e. The van der Waals surface area contributed by atoms with E-state index in [1.807, 2.05) is 25.1 Å². The van der Waals surface area contributed by atoms with Crippen molar-refractivity contribution in [2.75, 3.05) is 47.5 Å². The molecule has 0 atom stereocenters. The summed E-state index contributed by atoms with van der Waals surface area (Å²) in [6.07, 6.45) is 4.66. The van der Waals surface area contributed by atoms with E-state index in [1.165, 1.54) is 25.0 Å². The highest BCUT2D eigenvalue weighted by atomic mass is 19.1. The average molecular weight is 481 g/mol. The topological polar surface area (TPSA) is 60.0 Å². The Hall–Kier alpha value is -3.32. The number of ether oxygens (including phenoxy) is 3. The number of allylic oxidation sites excluding steroid dienone is 2. The van der Waals surface area contributed by atoms with E-state index in [0.717, 1.165) is 53.0 Å². The quantitative estimate of drug-likeness (QED) is 0.560. The Kier molecular flexibility index (Phi) is 7.76. The van der Waals surface area contributed by atoms with Crippen molar-refractivity contribution in [3.63, 3.8) is 0 Å². The molecule has 2 aromatic rings. The molecular weight excluding hydrogens is 447 g/mol. The molecule has 0 bridgehead atoms. The molecule has 4 rings (SSSR count). The summed E-state index contributed by atoms with van der Waals surface area (Å²) >= 11 is 0. The molecule has 1 amide bonds. The molecule has 7 heteroatoms. The van der Waals surface area contributed by atoms with Gasteiger partial charge in [-0.1, -0.05) is 6.07 Å². The average Bonchev–Trinajstić information content (AvgIpc) is 3.46.